The maximum atomic E-state index is 13.3. The van der Waals surface area contributed by atoms with E-state index in [1.807, 2.05) is 13.8 Å². The van der Waals surface area contributed by atoms with Crippen molar-refractivity contribution in [3.05, 3.63) is 52.3 Å². The molecule has 0 aliphatic heterocycles. The first-order valence-electron chi connectivity index (χ1n) is 9.86. The average Bonchev–Trinajstić information content (AvgIpc) is 2.72. The van der Waals surface area contributed by atoms with Crippen molar-refractivity contribution in [1.29, 1.82) is 0 Å². The summed E-state index contributed by atoms with van der Waals surface area (Å²) in [6.07, 6.45) is -1.22. The van der Waals surface area contributed by atoms with Crippen LogP contribution in [0.4, 0.5) is 0 Å². The third-order valence-electron chi connectivity index (χ3n) is 6.23. The van der Waals surface area contributed by atoms with E-state index in [1.54, 1.807) is 24.3 Å². The van der Waals surface area contributed by atoms with Gasteiger partial charge in [-0.25, -0.2) is 0 Å². The molecule has 4 rings (SSSR count). The first-order valence-corrected chi connectivity index (χ1v) is 9.86. The van der Waals surface area contributed by atoms with Gasteiger partial charge < -0.3 is 26.2 Å². The summed E-state index contributed by atoms with van der Waals surface area (Å²) in [5.41, 5.74) is 2.43. The van der Waals surface area contributed by atoms with Crippen molar-refractivity contribution in [3.8, 4) is 0 Å². The van der Waals surface area contributed by atoms with Crippen LogP contribution in [0.5, 0.6) is 0 Å². The highest BCUT2D eigenvalue weighted by atomic mass is 16.4. The van der Waals surface area contributed by atoms with Crippen LogP contribution in [0.15, 0.2) is 41.2 Å². The Morgan fingerprint density at radius 2 is 1.77 bits per heavy atom. The number of hydrogen-bond donors (Lipinski definition) is 5. The van der Waals surface area contributed by atoms with Crippen molar-refractivity contribution >= 4 is 23.2 Å². The summed E-state index contributed by atoms with van der Waals surface area (Å²) in [7, 11) is 0. The molecule has 0 spiro atoms. The molecular weight excluding hydrogens is 390 g/mol. The molecule has 3 aliphatic carbocycles. The molecule has 160 valence electrons. The van der Waals surface area contributed by atoms with Gasteiger partial charge in [0.15, 0.2) is 11.4 Å². The number of carbonyl (C=O) groups excluding carboxylic acids is 3. The van der Waals surface area contributed by atoms with E-state index >= 15 is 0 Å². The van der Waals surface area contributed by atoms with E-state index < -0.39 is 64.0 Å². The maximum absolute atomic E-state index is 13.3. The van der Waals surface area contributed by atoms with Crippen molar-refractivity contribution in [2.75, 3.05) is 0 Å². The molecular formula is C22H25NO7. The average molecular weight is 415 g/mol. The lowest BCUT2D eigenvalue weighted by molar-refractivity contribution is -0.166. The number of aliphatic hydroxyl groups excluding tert-OH is 3. The minimum Gasteiger partial charge on any atom is -0.508 e. The van der Waals surface area contributed by atoms with Crippen LogP contribution in [0, 0.1) is 17.8 Å². The Hall–Kier alpha value is -2.97. The Labute approximate surface area is 173 Å². The van der Waals surface area contributed by atoms with Gasteiger partial charge in [0.05, 0.1) is 6.10 Å². The number of rotatable bonds is 1. The summed E-state index contributed by atoms with van der Waals surface area (Å²) in [6.45, 7) is 5.36. The molecule has 0 unspecified atom stereocenters. The second-order valence-electron chi connectivity index (χ2n) is 7.58. The summed E-state index contributed by atoms with van der Waals surface area (Å²) in [6, 6.07) is 6.77. The number of carbonyl (C=O) groups is 3. The predicted octanol–water partition coefficient (Wildman–Crippen LogP) is 0.961. The molecule has 6 N–H and O–H groups in total. The molecule has 0 radical (unpaired) electrons. The van der Waals surface area contributed by atoms with Gasteiger partial charge in [0.1, 0.15) is 17.1 Å². The summed E-state index contributed by atoms with van der Waals surface area (Å²) >= 11 is 0. The van der Waals surface area contributed by atoms with E-state index in [0.29, 0.717) is 11.1 Å². The largest absolute Gasteiger partial charge is 0.508 e. The lowest BCUT2D eigenvalue weighted by atomic mass is 9.55. The molecule has 5 atom stereocenters. The van der Waals surface area contributed by atoms with Gasteiger partial charge in [-0.2, -0.15) is 0 Å². The number of Topliss-reactive ketones (excluding diaryl/α,β-unsaturated/α-hetero) is 2. The molecule has 0 heterocycles. The van der Waals surface area contributed by atoms with Gasteiger partial charge in [0.25, 0.3) is 5.91 Å². The van der Waals surface area contributed by atoms with Crippen molar-refractivity contribution in [1.82, 2.24) is 0 Å². The standard InChI is InChI=1S/C20H19NO7.C2H6/c1-7-13-16(24)10-6-8-4-2-3-5-9(8)15(23)11(10)17(25)20(13,28)18(26)12(14(7)22)19(21)27;1-2/h2-5,7,10,13,16,23-24,26,28H,6H2,1H3,(H2,21,27);1-2H3/t7-,10+,13+,16-,20-;/m0./s1. The minimum atomic E-state index is -2.73. The molecule has 0 saturated heterocycles. The Bertz CT molecular complexity index is 1010. The Balaban J connectivity index is 0.00000124. The molecule has 1 aromatic rings. The zero-order chi connectivity index (χ0) is 22.5. The van der Waals surface area contributed by atoms with Gasteiger partial charge >= 0.3 is 0 Å². The van der Waals surface area contributed by atoms with Gasteiger partial charge in [-0.15, -0.1) is 0 Å². The number of benzene rings is 1. The van der Waals surface area contributed by atoms with Gasteiger partial charge in [0, 0.05) is 28.9 Å². The van der Waals surface area contributed by atoms with E-state index in [9.17, 15) is 34.8 Å². The Morgan fingerprint density at radius 1 is 1.17 bits per heavy atom. The maximum Gasteiger partial charge on any atom is 0.255 e. The highest BCUT2D eigenvalue weighted by Crippen LogP contribution is 2.52. The lowest BCUT2D eigenvalue weighted by Crippen LogP contribution is -2.66. The number of primary amides is 1. The van der Waals surface area contributed by atoms with Gasteiger partial charge in [0.2, 0.25) is 5.78 Å². The first-order chi connectivity index (χ1) is 14.1. The molecule has 1 saturated carbocycles. The zero-order valence-corrected chi connectivity index (χ0v) is 16.9. The van der Waals surface area contributed by atoms with Crippen LogP contribution in [0.2, 0.25) is 0 Å². The minimum absolute atomic E-state index is 0.211. The summed E-state index contributed by atoms with van der Waals surface area (Å²) in [4.78, 5) is 37.5. The van der Waals surface area contributed by atoms with E-state index in [4.69, 9.17) is 5.73 Å². The van der Waals surface area contributed by atoms with Crippen molar-refractivity contribution < 1.29 is 34.8 Å². The lowest BCUT2D eigenvalue weighted by Gasteiger charge is -2.50. The second-order valence-corrected chi connectivity index (χ2v) is 7.58. The highest BCUT2D eigenvalue weighted by molar-refractivity contribution is 6.23. The fourth-order valence-corrected chi connectivity index (χ4v) is 4.87. The van der Waals surface area contributed by atoms with E-state index in [1.165, 1.54) is 6.92 Å². The normalized spacial score (nSPS) is 32.6. The van der Waals surface area contributed by atoms with Gasteiger partial charge in [-0.1, -0.05) is 45.0 Å². The molecule has 8 heteroatoms. The van der Waals surface area contributed by atoms with E-state index in [2.05, 4.69) is 0 Å². The second kappa shape index (κ2) is 7.37. The molecule has 1 fully saturated rings. The third kappa shape index (κ3) is 2.64. The number of fused-ring (bicyclic) bond motifs is 3. The van der Waals surface area contributed by atoms with Crippen LogP contribution in [-0.4, -0.2) is 49.6 Å². The first kappa shape index (κ1) is 21.7. The molecule has 1 amide bonds. The highest BCUT2D eigenvalue weighted by Gasteiger charge is 2.65. The zero-order valence-electron chi connectivity index (χ0n) is 16.9. The quantitative estimate of drug-likeness (QED) is 0.427. The van der Waals surface area contributed by atoms with Crippen LogP contribution in [0.1, 0.15) is 31.9 Å². The van der Waals surface area contributed by atoms with Crippen molar-refractivity contribution in [2.24, 2.45) is 23.5 Å². The molecule has 0 bridgehead atoms. The Kier molecular flexibility index (Phi) is 5.34. The van der Waals surface area contributed by atoms with Gasteiger partial charge in [-0.05, 0) is 12.0 Å². The SMILES string of the molecule is CC.C[C@@H]1C(=O)C(C(N)=O)=C(O)[C@@]2(O)C(=O)C3=C(O)c4ccccc4C[C@H]3[C@H](O)[C@@H]12. The topological polar surface area (TPSA) is 158 Å². The molecule has 0 aromatic heterocycles. The summed E-state index contributed by atoms with van der Waals surface area (Å²) in [5, 5.41) is 43.4. The van der Waals surface area contributed by atoms with E-state index in [-0.39, 0.29) is 12.0 Å². The number of hydrogen-bond acceptors (Lipinski definition) is 7. The number of amides is 1. The van der Waals surface area contributed by atoms with Crippen LogP contribution in [0.3, 0.4) is 0 Å². The monoisotopic (exact) mass is 415 g/mol. The van der Waals surface area contributed by atoms with Crippen LogP contribution < -0.4 is 5.73 Å². The van der Waals surface area contributed by atoms with Gasteiger partial charge in [-0.3, -0.25) is 14.4 Å². The Morgan fingerprint density at radius 3 is 2.37 bits per heavy atom. The summed E-state index contributed by atoms with van der Waals surface area (Å²) < 4.78 is 0. The van der Waals surface area contributed by atoms with E-state index in [0.717, 1.165) is 0 Å². The van der Waals surface area contributed by atoms with Crippen molar-refractivity contribution in [2.45, 2.75) is 38.9 Å². The van der Waals surface area contributed by atoms with Crippen LogP contribution in [0.25, 0.3) is 5.76 Å². The third-order valence-corrected chi connectivity index (χ3v) is 6.23. The fraction of sp³-hybridized carbons (Fsp3) is 0.409. The number of nitrogens with two attached hydrogens (primary N) is 1. The molecule has 30 heavy (non-hydrogen) atoms. The summed E-state index contributed by atoms with van der Waals surface area (Å²) in [5.74, 6) is -8.15. The smallest absolute Gasteiger partial charge is 0.255 e. The molecule has 3 aliphatic rings. The number of aliphatic hydroxyl groups is 4. The molecule has 1 aromatic carbocycles. The van der Waals surface area contributed by atoms with Crippen molar-refractivity contribution in [3.63, 3.8) is 0 Å². The fourth-order valence-electron chi connectivity index (χ4n) is 4.87. The predicted molar refractivity (Wildman–Crippen MR) is 107 cm³/mol. The van der Waals surface area contributed by atoms with Crippen LogP contribution in [-0.2, 0) is 20.8 Å². The molecule has 8 nitrogen and oxygen atoms in total. The van der Waals surface area contributed by atoms with Crippen LogP contribution >= 0.6 is 0 Å². The number of ketones is 2.